The average molecular weight is 976 g/mol. The van der Waals surface area contributed by atoms with Gasteiger partial charge in [-0.05, 0) is 147 Å². The lowest BCUT2D eigenvalue weighted by Crippen LogP contribution is -2.34. The standard InChI is InChI=1S/C37H42.C37H44/c1-23(2)29-19-17-27(21-33(29)25(5)6)37(28-18-20-30(24(3)4)34(22-28)26(7)8)35-15-11-9-13-31(35)32-14-10-12-16-36(32)37;1-25(2)31-21-15-23-33(35(31)27(5)6)37(29-17-11-9-12-18-29,30-19-13-10-14-20-30)34-24-16-22-32(26(3)4)36(34)28(7)8/h9-26H,1-8H3;9-28H,1-8H3. The van der Waals surface area contributed by atoms with E-state index in [4.69, 9.17) is 0 Å². The van der Waals surface area contributed by atoms with Crippen LogP contribution in [0.5, 0.6) is 0 Å². The van der Waals surface area contributed by atoms with Crippen LogP contribution in [0.2, 0.25) is 0 Å². The summed E-state index contributed by atoms with van der Waals surface area (Å²) in [6, 6.07) is 69.4. The molecule has 0 heterocycles. The van der Waals surface area contributed by atoms with Gasteiger partial charge in [0.25, 0.3) is 0 Å². The minimum absolute atomic E-state index is 0.342. The first kappa shape index (κ1) is 54.0. The summed E-state index contributed by atoms with van der Waals surface area (Å²) in [5.74, 6) is 3.65. The maximum Gasteiger partial charge on any atom is 0.0713 e. The summed E-state index contributed by atoms with van der Waals surface area (Å²) in [6.45, 7) is 37.4. The monoisotopic (exact) mass is 975 g/mol. The Labute approximate surface area is 448 Å². The molecule has 0 bridgehead atoms. The van der Waals surface area contributed by atoms with Crippen molar-refractivity contribution in [3.63, 3.8) is 0 Å². The molecule has 0 saturated carbocycles. The van der Waals surface area contributed by atoms with Gasteiger partial charge in [-0.15, -0.1) is 0 Å². The quantitative estimate of drug-likeness (QED) is 0.0953. The van der Waals surface area contributed by atoms with Gasteiger partial charge in [-0.3, -0.25) is 0 Å². The SMILES string of the molecule is CC(C)c1ccc(C2(c3ccc(C(C)C)c(C(C)C)c3)c3ccccc3-c3ccccc32)cc1C(C)C.CC(C)c1cccc(C(c2ccccc2)(c2ccccc2)c2cccc(C(C)C)c2C(C)C)c1C(C)C. The second kappa shape index (κ2) is 22.3. The van der Waals surface area contributed by atoms with Crippen LogP contribution in [0.3, 0.4) is 0 Å². The smallest absolute Gasteiger partial charge is 0.0622 e. The molecule has 0 nitrogen and oxygen atoms in total. The van der Waals surface area contributed by atoms with Gasteiger partial charge < -0.3 is 0 Å². The van der Waals surface area contributed by atoms with E-state index >= 15 is 0 Å². The van der Waals surface area contributed by atoms with Crippen molar-refractivity contribution in [1.29, 1.82) is 0 Å². The maximum atomic E-state index is 2.53. The van der Waals surface area contributed by atoms with Gasteiger partial charge in [0.15, 0.2) is 0 Å². The van der Waals surface area contributed by atoms with Crippen molar-refractivity contribution >= 4 is 0 Å². The van der Waals surface area contributed by atoms with Gasteiger partial charge in [-0.2, -0.15) is 0 Å². The van der Waals surface area contributed by atoms with Gasteiger partial charge in [0, 0.05) is 0 Å². The molecule has 0 N–H and O–H groups in total. The molecular formula is C74H86. The summed E-state index contributed by atoms with van der Waals surface area (Å²) >= 11 is 0. The van der Waals surface area contributed by atoms with Crippen LogP contribution in [0.4, 0.5) is 0 Å². The van der Waals surface area contributed by atoms with Gasteiger partial charge in [0.05, 0.1) is 10.8 Å². The van der Waals surface area contributed by atoms with Gasteiger partial charge in [-0.1, -0.05) is 293 Å². The van der Waals surface area contributed by atoms with Crippen LogP contribution in [-0.2, 0) is 10.8 Å². The van der Waals surface area contributed by atoms with Crippen LogP contribution >= 0.6 is 0 Å². The van der Waals surface area contributed by atoms with Crippen LogP contribution in [-0.4, -0.2) is 0 Å². The zero-order valence-electron chi connectivity index (χ0n) is 47.9. The predicted octanol–water partition coefficient (Wildman–Crippen LogP) is 21.1. The van der Waals surface area contributed by atoms with Crippen LogP contribution in [0.15, 0.2) is 182 Å². The van der Waals surface area contributed by atoms with E-state index in [0.29, 0.717) is 47.3 Å². The maximum absolute atomic E-state index is 2.53. The van der Waals surface area contributed by atoms with E-state index in [9.17, 15) is 0 Å². The molecule has 0 fully saturated rings. The number of rotatable bonds is 14. The second-order valence-electron chi connectivity index (χ2n) is 23.9. The molecular weight excluding hydrogens is 889 g/mol. The summed E-state index contributed by atoms with van der Waals surface area (Å²) in [5.41, 5.74) is 24.7. The molecule has 382 valence electrons. The summed E-state index contributed by atoms with van der Waals surface area (Å²) in [4.78, 5) is 0. The third-order valence-corrected chi connectivity index (χ3v) is 16.4. The molecule has 8 aromatic rings. The van der Waals surface area contributed by atoms with E-state index < -0.39 is 5.41 Å². The number of hydrogen-bond donors (Lipinski definition) is 0. The first-order valence-corrected chi connectivity index (χ1v) is 28.2. The molecule has 8 aromatic carbocycles. The van der Waals surface area contributed by atoms with E-state index in [1.165, 1.54) is 100 Å². The minimum Gasteiger partial charge on any atom is -0.0622 e. The minimum atomic E-state index is -0.433. The molecule has 74 heavy (non-hydrogen) atoms. The number of fused-ring (bicyclic) bond motifs is 3. The predicted molar refractivity (Wildman–Crippen MR) is 321 cm³/mol. The molecule has 0 radical (unpaired) electrons. The highest BCUT2D eigenvalue weighted by atomic mass is 14.5. The lowest BCUT2D eigenvalue weighted by molar-refractivity contribution is 0.671. The highest BCUT2D eigenvalue weighted by Crippen LogP contribution is 2.57. The van der Waals surface area contributed by atoms with Crippen molar-refractivity contribution in [2.24, 2.45) is 0 Å². The largest absolute Gasteiger partial charge is 0.0713 e. The van der Waals surface area contributed by atoms with Gasteiger partial charge >= 0.3 is 0 Å². The summed E-state index contributed by atoms with van der Waals surface area (Å²) < 4.78 is 0. The Bertz CT molecular complexity index is 2950. The van der Waals surface area contributed by atoms with Crippen molar-refractivity contribution in [2.75, 3.05) is 0 Å². The molecule has 1 aliphatic carbocycles. The first-order valence-electron chi connectivity index (χ1n) is 28.2. The van der Waals surface area contributed by atoms with Crippen molar-refractivity contribution in [2.45, 2.75) is 169 Å². The second-order valence-corrected chi connectivity index (χ2v) is 23.9. The van der Waals surface area contributed by atoms with Crippen molar-refractivity contribution in [3.8, 4) is 11.1 Å². The van der Waals surface area contributed by atoms with Gasteiger partial charge in [0.1, 0.15) is 0 Å². The summed E-state index contributed by atoms with van der Waals surface area (Å²) in [6.07, 6.45) is 0. The van der Waals surface area contributed by atoms with Crippen LogP contribution < -0.4 is 0 Å². The highest BCUT2D eigenvalue weighted by Gasteiger charge is 2.47. The van der Waals surface area contributed by atoms with Crippen LogP contribution in [0.1, 0.15) is 247 Å². The van der Waals surface area contributed by atoms with Crippen LogP contribution in [0, 0.1) is 0 Å². The fourth-order valence-electron chi connectivity index (χ4n) is 13.1. The van der Waals surface area contributed by atoms with E-state index in [1.807, 2.05) is 0 Å². The number of benzene rings is 8. The Balaban J connectivity index is 0.000000197. The van der Waals surface area contributed by atoms with E-state index in [2.05, 4.69) is 293 Å². The third kappa shape index (κ3) is 9.57. The topological polar surface area (TPSA) is 0 Å². The third-order valence-electron chi connectivity index (χ3n) is 16.4. The van der Waals surface area contributed by atoms with Gasteiger partial charge in [-0.25, -0.2) is 0 Å². The van der Waals surface area contributed by atoms with E-state index in [0.717, 1.165) is 0 Å². The molecule has 0 spiro atoms. The normalized spacial score (nSPS) is 13.1. The molecule has 0 unspecified atom stereocenters. The Morgan fingerprint density at radius 1 is 0.270 bits per heavy atom. The van der Waals surface area contributed by atoms with Crippen LogP contribution in [0.25, 0.3) is 11.1 Å². The van der Waals surface area contributed by atoms with Crippen molar-refractivity contribution < 1.29 is 0 Å². The molecule has 0 aromatic heterocycles. The highest BCUT2D eigenvalue weighted by molar-refractivity contribution is 5.86. The lowest BCUT2D eigenvalue weighted by atomic mass is 9.60. The molecule has 0 heteroatoms. The van der Waals surface area contributed by atoms with E-state index in [-0.39, 0.29) is 5.41 Å². The zero-order chi connectivity index (χ0) is 53.2. The Hall–Kier alpha value is -6.24. The van der Waals surface area contributed by atoms with E-state index in [1.54, 1.807) is 0 Å². The Kier molecular flexibility index (Phi) is 16.3. The van der Waals surface area contributed by atoms with Crippen molar-refractivity contribution in [1.82, 2.24) is 0 Å². The molecule has 0 aliphatic heterocycles. The summed E-state index contributed by atoms with van der Waals surface area (Å²) in [5, 5.41) is 0. The molecule has 0 saturated heterocycles. The zero-order valence-corrected chi connectivity index (χ0v) is 47.9. The molecule has 9 rings (SSSR count). The van der Waals surface area contributed by atoms with Gasteiger partial charge in [0.2, 0.25) is 0 Å². The lowest BCUT2D eigenvalue weighted by Gasteiger charge is -2.42. The average Bonchev–Trinajstić information content (AvgIpc) is 3.74. The molecule has 0 atom stereocenters. The fraction of sp³-hybridized carbons (Fsp3) is 0.351. The Morgan fingerprint density at radius 3 is 0.919 bits per heavy atom. The summed E-state index contributed by atoms with van der Waals surface area (Å²) in [7, 11) is 0. The first-order chi connectivity index (χ1) is 35.4. The van der Waals surface area contributed by atoms with Crippen molar-refractivity contribution in [3.05, 3.63) is 271 Å². The number of hydrogen-bond acceptors (Lipinski definition) is 0. The molecule has 0 amide bonds. The fourth-order valence-corrected chi connectivity index (χ4v) is 13.1. The Morgan fingerprint density at radius 2 is 0.595 bits per heavy atom. The molecule has 1 aliphatic rings.